The predicted molar refractivity (Wildman–Crippen MR) is 62.6 cm³/mol. The zero-order chi connectivity index (χ0) is 11.5. The first-order valence-electron chi connectivity index (χ1n) is 4.45. The zero-order valence-electron chi connectivity index (χ0n) is 8.18. The van der Waals surface area contributed by atoms with E-state index in [9.17, 15) is 4.79 Å². The largest absolute Gasteiger partial charge is 0.508 e. The minimum Gasteiger partial charge on any atom is -0.508 e. The van der Waals surface area contributed by atoms with Gasteiger partial charge in [-0.3, -0.25) is 4.79 Å². The summed E-state index contributed by atoms with van der Waals surface area (Å²) in [6.07, 6.45) is 0. The molecule has 82 valence electrons. The maximum atomic E-state index is 11.6. The third-order valence-electron chi connectivity index (χ3n) is 1.95. The summed E-state index contributed by atoms with van der Waals surface area (Å²) < 4.78 is 0. The number of nitrogens with zero attached hydrogens (tertiary/aromatic N) is 1. The van der Waals surface area contributed by atoms with Gasteiger partial charge in [0.25, 0.3) is 5.91 Å². The second-order valence-corrected chi connectivity index (χ2v) is 3.82. The van der Waals surface area contributed by atoms with Crippen molar-refractivity contribution in [2.75, 3.05) is 11.1 Å². The molecule has 16 heavy (non-hydrogen) atoms. The number of aromatic nitrogens is 1. The number of amides is 1. The molecule has 1 aromatic heterocycles. The van der Waals surface area contributed by atoms with Crippen molar-refractivity contribution in [3.8, 4) is 5.75 Å². The summed E-state index contributed by atoms with van der Waals surface area (Å²) in [5, 5.41) is 13.4. The maximum absolute atomic E-state index is 11.6. The number of carbonyl (C=O) groups excluding carboxylic acids is 1. The standard InChI is InChI=1S/C10H9N3O2S/c11-7-3-6(14)1-2-8(7)13-10(15)9-4-16-5-12-9/h1-5,14H,11H2,(H,13,15). The van der Waals surface area contributed by atoms with Crippen molar-refractivity contribution in [3.63, 3.8) is 0 Å². The van der Waals surface area contributed by atoms with Crippen LogP contribution in [-0.4, -0.2) is 16.0 Å². The summed E-state index contributed by atoms with van der Waals surface area (Å²) in [7, 11) is 0. The molecule has 2 aromatic rings. The first-order valence-corrected chi connectivity index (χ1v) is 5.39. The van der Waals surface area contributed by atoms with Gasteiger partial charge < -0.3 is 16.2 Å². The van der Waals surface area contributed by atoms with Crippen LogP contribution in [0.1, 0.15) is 10.5 Å². The molecule has 0 fully saturated rings. The first-order chi connectivity index (χ1) is 7.66. The van der Waals surface area contributed by atoms with E-state index in [-0.39, 0.29) is 11.7 Å². The number of hydrogen-bond donors (Lipinski definition) is 3. The number of rotatable bonds is 2. The Kier molecular flexibility index (Phi) is 2.74. The third-order valence-corrected chi connectivity index (χ3v) is 2.53. The summed E-state index contributed by atoms with van der Waals surface area (Å²) in [6.45, 7) is 0. The number of benzene rings is 1. The number of nitrogens with one attached hydrogen (secondary N) is 1. The summed E-state index contributed by atoms with van der Waals surface area (Å²) in [4.78, 5) is 15.5. The van der Waals surface area contributed by atoms with E-state index in [1.807, 2.05) is 0 Å². The van der Waals surface area contributed by atoms with Crippen LogP contribution in [0.3, 0.4) is 0 Å². The van der Waals surface area contributed by atoms with Crippen LogP contribution < -0.4 is 11.1 Å². The highest BCUT2D eigenvalue weighted by molar-refractivity contribution is 7.07. The van der Waals surface area contributed by atoms with E-state index < -0.39 is 0 Å². The van der Waals surface area contributed by atoms with E-state index in [0.717, 1.165) is 0 Å². The fourth-order valence-corrected chi connectivity index (χ4v) is 1.71. The van der Waals surface area contributed by atoms with Crippen molar-refractivity contribution in [2.45, 2.75) is 0 Å². The lowest BCUT2D eigenvalue weighted by molar-refractivity contribution is 0.102. The highest BCUT2D eigenvalue weighted by atomic mass is 32.1. The molecule has 0 atom stereocenters. The molecule has 0 bridgehead atoms. The molecular formula is C10H9N3O2S. The molecule has 0 saturated carbocycles. The van der Waals surface area contributed by atoms with Crippen LogP contribution in [-0.2, 0) is 0 Å². The van der Waals surface area contributed by atoms with Crippen molar-refractivity contribution in [1.82, 2.24) is 4.98 Å². The van der Waals surface area contributed by atoms with Gasteiger partial charge in [-0.1, -0.05) is 0 Å². The van der Waals surface area contributed by atoms with Crippen LogP contribution in [0.2, 0.25) is 0 Å². The summed E-state index contributed by atoms with van der Waals surface area (Å²) in [5.41, 5.74) is 8.32. The summed E-state index contributed by atoms with van der Waals surface area (Å²) >= 11 is 1.34. The van der Waals surface area contributed by atoms with Crippen LogP contribution >= 0.6 is 11.3 Å². The van der Waals surface area contributed by atoms with Crippen molar-refractivity contribution < 1.29 is 9.90 Å². The average molecular weight is 235 g/mol. The molecule has 1 heterocycles. The van der Waals surface area contributed by atoms with E-state index in [0.29, 0.717) is 17.1 Å². The number of nitrogen functional groups attached to an aromatic ring is 1. The van der Waals surface area contributed by atoms with Gasteiger partial charge in [-0.15, -0.1) is 11.3 Å². The van der Waals surface area contributed by atoms with Gasteiger partial charge in [-0.2, -0.15) is 0 Å². The molecule has 0 aliphatic rings. The van der Waals surface area contributed by atoms with Gasteiger partial charge in [0.1, 0.15) is 11.4 Å². The third kappa shape index (κ3) is 2.12. The van der Waals surface area contributed by atoms with Gasteiger partial charge in [-0.25, -0.2) is 4.98 Å². The second kappa shape index (κ2) is 4.19. The number of phenolic OH excluding ortho intramolecular Hbond substituents is 1. The summed E-state index contributed by atoms with van der Waals surface area (Å²) in [6, 6.07) is 4.36. The molecule has 2 rings (SSSR count). The number of phenols is 1. The lowest BCUT2D eigenvalue weighted by Gasteiger charge is -2.06. The first kappa shape index (κ1) is 10.4. The molecule has 1 amide bonds. The Balaban J connectivity index is 2.18. The quantitative estimate of drug-likeness (QED) is 0.546. The fourth-order valence-electron chi connectivity index (χ4n) is 1.17. The number of hydrogen-bond acceptors (Lipinski definition) is 5. The number of anilines is 2. The number of aromatic hydroxyl groups is 1. The monoisotopic (exact) mass is 235 g/mol. The van der Waals surface area contributed by atoms with Gasteiger partial charge in [0.2, 0.25) is 0 Å². The molecule has 0 unspecified atom stereocenters. The van der Waals surface area contributed by atoms with Crippen molar-refractivity contribution >= 4 is 28.6 Å². The molecule has 4 N–H and O–H groups in total. The van der Waals surface area contributed by atoms with Crippen LogP contribution in [0.15, 0.2) is 29.1 Å². The SMILES string of the molecule is Nc1cc(O)ccc1NC(=O)c1cscn1. The van der Waals surface area contributed by atoms with Gasteiger partial charge >= 0.3 is 0 Å². The molecule has 0 spiro atoms. The number of nitrogens with two attached hydrogens (primary N) is 1. The Morgan fingerprint density at radius 1 is 1.50 bits per heavy atom. The molecule has 5 nitrogen and oxygen atoms in total. The number of carbonyl (C=O) groups is 1. The second-order valence-electron chi connectivity index (χ2n) is 3.10. The van der Waals surface area contributed by atoms with Gasteiger partial charge in [0.05, 0.1) is 16.9 Å². The molecule has 1 aromatic carbocycles. The Hall–Kier alpha value is -2.08. The van der Waals surface area contributed by atoms with E-state index in [1.54, 1.807) is 10.9 Å². The van der Waals surface area contributed by atoms with E-state index >= 15 is 0 Å². The zero-order valence-corrected chi connectivity index (χ0v) is 8.99. The van der Waals surface area contributed by atoms with Crippen molar-refractivity contribution in [2.24, 2.45) is 0 Å². The lowest BCUT2D eigenvalue weighted by Crippen LogP contribution is -2.13. The molecule has 0 aliphatic carbocycles. The Bertz CT molecular complexity index is 511. The molecule has 0 aliphatic heterocycles. The molecule has 0 saturated heterocycles. The van der Waals surface area contributed by atoms with Gasteiger partial charge in [0, 0.05) is 11.4 Å². The minimum absolute atomic E-state index is 0.0594. The average Bonchev–Trinajstić information content (AvgIpc) is 2.75. The van der Waals surface area contributed by atoms with Crippen LogP contribution in [0.4, 0.5) is 11.4 Å². The predicted octanol–water partition coefficient (Wildman–Crippen LogP) is 1.68. The maximum Gasteiger partial charge on any atom is 0.275 e. The van der Waals surface area contributed by atoms with Gasteiger partial charge in [-0.05, 0) is 12.1 Å². The smallest absolute Gasteiger partial charge is 0.275 e. The molecule has 0 radical (unpaired) electrons. The lowest BCUT2D eigenvalue weighted by atomic mass is 10.2. The Morgan fingerprint density at radius 3 is 2.94 bits per heavy atom. The highest BCUT2D eigenvalue weighted by Crippen LogP contribution is 2.23. The van der Waals surface area contributed by atoms with Crippen LogP contribution in [0.5, 0.6) is 5.75 Å². The Labute approximate surface area is 95.6 Å². The topological polar surface area (TPSA) is 88.2 Å². The Morgan fingerprint density at radius 2 is 2.31 bits per heavy atom. The van der Waals surface area contributed by atoms with Crippen LogP contribution in [0.25, 0.3) is 0 Å². The van der Waals surface area contributed by atoms with Crippen LogP contribution in [0, 0.1) is 0 Å². The normalized spacial score (nSPS) is 10.0. The van der Waals surface area contributed by atoms with Crippen molar-refractivity contribution in [1.29, 1.82) is 0 Å². The van der Waals surface area contributed by atoms with E-state index in [4.69, 9.17) is 10.8 Å². The highest BCUT2D eigenvalue weighted by Gasteiger charge is 2.09. The summed E-state index contributed by atoms with van der Waals surface area (Å²) in [5.74, 6) is -0.261. The van der Waals surface area contributed by atoms with Gasteiger partial charge in [0.15, 0.2) is 0 Å². The number of thiazole rings is 1. The minimum atomic E-state index is -0.321. The molecule has 6 heteroatoms. The molecular weight excluding hydrogens is 226 g/mol. The van der Waals surface area contributed by atoms with Crippen molar-refractivity contribution in [3.05, 3.63) is 34.8 Å². The fraction of sp³-hybridized carbons (Fsp3) is 0. The van der Waals surface area contributed by atoms with E-state index in [1.165, 1.54) is 29.5 Å². The van der Waals surface area contributed by atoms with E-state index in [2.05, 4.69) is 10.3 Å².